The van der Waals surface area contributed by atoms with Gasteiger partial charge in [0.25, 0.3) is 0 Å². The molecule has 0 N–H and O–H groups in total. The lowest BCUT2D eigenvalue weighted by atomic mass is 9.80. The first-order valence-corrected chi connectivity index (χ1v) is 19.6. The maximum absolute atomic E-state index is 2.46. The molecule has 1 aliphatic rings. The average Bonchev–Trinajstić information content (AvgIpc) is 3.92. The lowest BCUT2D eigenvalue weighted by Gasteiger charge is -2.22. The number of hydrogen-bond acceptors (Lipinski definition) is 1. The summed E-state index contributed by atoms with van der Waals surface area (Å²) in [4.78, 5) is 0. The van der Waals surface area contributed by atoms with Crippen LogP contribution in [0.3, 0.4) is 0 Å². The summed E-state index contributed by atoms with van der Waals surface area (Å²) in [5.41, 5.74) is 15.1. The number of fused-ring (bicyclic) bond motifs is 13. The van der Waals surface area contributed by atoms with Crippen LogP contribution in [0.2, 0.25) is 0 Å². The van der Waals surface area contributed by atoms with E-state index in [0.29, 0.717) is 0 Å². The van der Waals surface area contributed by atoms with E-state index in [1.54, 1.807) is 0 Å². The zero-order chi connectivity index (χ0) is 35.7. The van der Waals surface area contributed by atoms with Crippen molar-refractivity contribution in [1.29, 1.82) is 0 Å². The number of thiophene rings is 1. The van der Waals surface area contributed by atoms with Crippen LogP contribution in [0.5, 0.6) is 0 Å². The summed E-state index contributed by atoms with van der Waals surface area (Å²) >= 11 is 1.87. The van der Waals surface area contributed by atoms with Crippen LogP contribution in [-0.2, 0) is 5.41 Å². The molecule has 3 aromatic heterocycles. The molecule has 1 aliphatic carbocycles. The predicted octanol–water partition coefficient (Wildman–Crippen LogP) is 14.2. The smallest absolute Gasteiger partial charge is 0.0544 e. The van der Waals surface area contributed by atoms with Crippen molar-refractivity contribution < 1.29 is 0 Å². The minimum absolute atomic E-state index is 0.129. The highest BCUT2D eigenvalue weighted by atomic mass is 32.1. The molecule has 12 rings (SSSR count). The quantitative estimate of drug-likeness (QED) is 0.173. The third-order valence-corrected chi connectivity index (χ3v) is 13.2. The Labute approximate surface area is 316 Å². The summed E-state index contributed by atoms with van der Waals surface area (Å²) in [6, 6.07) is 63.2. The van der Waals surface area contributed by atoms with Crippen LogP contribution in [0, 0.1) is 0 Å². The zero-order valence-corrected chi connectivity index (χ0v) is 30.8. The van der Waals surface area contributed by atoms with E-state index in [1.807, 2.05) is 11.3 Å². The van der Waals surface area contributed by atoms with Gasteiger partial charge in [-0.3, -0.25) is 0 Å². The highest BCUT2D eigenvalue weighted by molar-refractivity contribution is 7.25. The van der Waals surface area contributed by atoms with Crippen LogP contribution in [0.4, 0.5) is 0 Å². The van der Waals surface area contributed by atoms with Crippen LogP contribution in [-0.4, -0.2) is 9.13 Å². The van der Waals surface area contributed by atoms with Gasteiger partial charge in [-0.05, 0) is 106 Å². The molecule has 2 nitrogen and oxygen atoms in total. The molecule has 0 amide bonds. The van der Waals surface area contributed by atoms with Gasteiger partial charge in [-0.25, -0.2) is 0 Å². The highest BCUT2D eigenvalue weighted by Gasteiger charge is 2.38. The van der Waals surface area contributed by atoms with E-state index in [1.165, 1.54) is 109 Å². The van der Waals surface area contributed by atoms with Crippen molar-refractivity contribution in [2.75, 3.05) is 0 Å². The molecule has 3 heterocycles. The van der Waals surface area contributed by atoms with Crippen molar-refractivity contribution in [2.24, 2.45) is 0 Å². The Morgan fingerprint density at radius 2 is 1.04 bits per heavy atom. The van der Waals surface area contributed by atoms with Crippen molar-refractivity contribution >= 4 is 75.1 Å². The number of aromatic nitrogens is 2. The third-order valence-electron chi connectivity index (χ3n) is 12.1. The van der Waals surface area contributed by atoms with Gasteiger partial charge in [0.15, 0.2) is 0 Å². The lowest BCUT2D eigenvalue weighted by molar-refractivity contribution is 0.666. The lowest BCUT2D eigenvalue weighted by Crippen LogP contribution is -2.15. The van der Waals surface area contributed by atoms with E-state index in [-0.39, 0.29) is 5.41 Å². The van der Waals surface area contributed by atoms with Crippen molar-refractivity contribution in [2.45, 2.75) is 19.3 Å². The van der Waals surface area contributed by atoms with Gasteiger partial charge >= 0.3 is 0 Å². The number of para-hydroxylation sites is 2. The summed E-state index contributed by atoms with van der Waals surface area (Å²) in [7, 11) is 0. The van der Waals surface area contributed by atoms with E-state index in [2.05, 4.69) is 193 Å². The maximum Gasteiger partial charge on any atom is 0.0544 e. The minimum atomic E-state index is -0.129. The molecule has 0 radical (unpaired) electrons. The van der Waals surface area contributed by atoms with Crippen molar-refractivity contribution in [1.82, 2.24) is 9.13 Å². The fraction of sp³-hybridized carbons (Fsp3) is 0.0588. The number of nitrogens with zero attached hydrogens (tertiary/aromatic N) is 2. The summed E-state index contributed by atoms with van der Waals surface area (Å²) in [5, 5.41) is 7.82. The molecule has 0 aliphatic heterocycles. The van der Waals surface area contributed by atoms with Gasteiger partial charge in [-0.1, -0.05) is 111 Å². The topological polar surface area (TPSA) is 9.86 Å². The maximum atomic E-state index is 2.46. The van der Waals surface area contributed by atoms with Crippen LogP contribution < -0.4 is 0 Å². The average molecular weight is 707 g/mol. The van der Waals surface area contributed by atoms with E-state index >= 15 is 0 Å². The molecule has 11 aromatic rings. The normalized spacial score (nSPS) is 13.5. The summed E-state index contributed by atoms with van der Waals surface area (Å²) in [6.45, 7) is 4.80. The largest absolute Gasteiger partial charge is 0.309 e. The van der Waals surface area contributed by atoms with Crippen LogP contribution >= 0.6 is 11.3 Å². The Hall–Kier alpha value is -6.42. The van der Waals surface area contributed by atoms with Crippen molar-refractivity contribution in [3.8, 4) is 33.6 Å². The Morgan fingerprint density at radius 1 is 0.407 bits per heavy atom. The van der Waals surface area contributed by atoms with Gasteiger partial charge in [-0.2, -0.15) is 0 Å². The summed E-state index contributed by atoms with van der Waals surface area (Å²) in [6.07, 6.45) is 0. The molecular weight excluding hydrogens is 673 g/mol. The minimum Gasteiger partial charge on any atom is -0.309 e. The second-order valence-electron chi connectivity index (χ2n) is 15.3. The van der Waals surface area contributed by atoms with Crippen molar-refractivity contribution in [3.05, 3.63) is 181 Å². The van der Waals surface area contributed by atoms with Gasteiger partial charge < -0.3 is 9.13 Å². The van der Waals surface area contributed by atoms with Gasteiger partial charge in [0.05, 0.1) is 22.1 Å². The molecule has 0 unspecified atom stereocenters. The summed E-state index contributed by atoms with van der Waals surface area (Å²) < 4.78 is 7.56. The van der Waals surface area contributed by atoms with Gasteiger partial charge in [-0.15, -0.1) is 11.3 Å². The fourth-order valence-electron chi connectivity index (χ4n) is 9.70. The Bertz CT molecular complexity index is 3350. The molecule has 0 saturated carbocycles. The number of benzene rings is 8. The standard InChI is InChI=1S/C51H34N2S/c1-51(2)42-17-9-6-14-35(42)38-23-26-46-49(50(38)51)41-29-32(21-25-45(41)52(46)33-12-4-3-5-13-33)31-20-24-44-39(28-31)36-15-7-10-18-43(36)53(44)34-22-27-48-40(30-34)37-16-8-11-19-47(37)54-48/h3-30H,1-2H3. The Kier molecular flexibility index (Phi) is 6.03. The molecular formula is C51H34N2S. The van der Waals surface area contributed by atoms with Gasteiger partial charge in [0, 0.05) is 58.5 Å². The zero-order valence-electron chi connectivity index (χ0n) is 30.0. The molecule has 0 spiro atoms. The second kappa shape index (κ2) is 10.8. The molecule has 254 valence electrons. The first-order chi connectivity index (χ1) is 26.5. The van der Waals surface area contributed by atoms with Gasteiger partial charge in [0.2, 0.25) is 0 Å². The molecule has 54 heavy (non-hydrogen) atoms. The highest BCUT2D eigenvalue weighted by Crippen LogP contribution is 2.53. The molecule has 0 saturated heterocycles. The molecule has 0 fully saturated rings. The Morgan fingerprint density at radius 3 is 1.89 bits per heavy atom. The first-order valence-electron chi connectivity index (χ1n) is 18.8. The van der Waals surface area contributed by atoms with Crippen LogP contribution in [0.25, 0.3) is 97.4 Å². The van der Waals surface area contributed by atoms with E-state index in [4.69, 9.17) is 0 Å². The van der Waals surface area contributed by atoms with Gasteiger partial charge in [0.1, 0.15) is 0 Å². The number of hydrogen-bond donors (Lipinski definition) is 0. The first kappa shape index (κ1) is 30.1. The van der Waals surface area contributed by atoms with E-state index in [0.717, 1.165) is 0 Å². The predicted molar refractivity (Wildman–Crippen MR) is 231 cm³/mol. The molecule has 0 bridgehead atoms. The monoisotopic (exact) mass is 706 g/mol. The van der Waals surface area contributed by atoms with Crippen molar-refractivity contribution in [3.63, 3.8) is 0 Å². The van der Waals surface area contributed by atoms with E-state index in [9.17, 15) is 0 Å². The second-order valence-corrected chi connectivity index (χ2v) is 16.4. The van der Waals surface area contributed by atoms with Crippen LogP contribution in [0.15, 0.2) is 170 Å². The fourth-order valence-corrected chi connectivity index (χ4v) is 10.8. The van der Waals surface area contributed by atoms with E-state index < -0.39 is 0 Å². The molecule has 3 heteroatoms. The Balaban J connectivity index is 1.09. The number of rotatable bonds is 3. The summed E-state index contributed by atoms with van der Waals surface area (Å²) in [5.74, 6) is 0. The molecule has 0 atom stereocenters. The SMILES string of the molecule is CC1(C)c2ccccc2-c2ccc3c(c21)c1cc(-c2ccc4c(c2)c2ccccc2n4-c2ccc4sc5ccccc5c4c2)ccc1n3-c1ccccc1. The third kappa shape index (κ3) is 4.00. The molecule has 8 aromatic carbocycles. The van der Waals surface area contributed by atoms with Crippen LogP contribution in [0.1, 0.15) is 25.0 Å².